The molecule has 0 bridgehead atoms. The number of cyclic esters (lactones) is 2. The quantitative estimate of drug-likeness (QED) is 0.346. The molecule has 1 saturated carbocycles. The Morgan fingerprint density at radius 1 is 1.16 bits per heavy atom. The van der Waals surface area contributed by atoms with Crippen LogP contribution in [0.25, 0.3) is 0 Å². The molecule has 0 amide bonds. The summed E-state index contributed by atoms with van der Waals surface area (Å²) in [6, 6.07) is 5.26. The van der Waals surface area contributed by atoms with Crippen molar-refractivity contribution in [2.45, 2.75) is 25.6 Å². The number of rotatable bonds is 3. The summed E-state index contributed by atoms with van der Waals surface area (Å²) in [6.45, 7) is 2.82. The van der Waals surface area contributed by atoms with Gasteiger partial charge in [-0.1, -0.05) is 12.1 Å². The molecule has 2 atom stereocenters. The number of hydrogen-bond donors (Lipinski definition) is 0. The third kappa shape index (κ3) is 2.34. The Hall–Kier alpha value is -2.97. The minimum atomic E-state index is -1.82. The maximum absolute atomic E-state index is 12.6. The molecule has 0 unspecified atom stereocenters. The number of methoxy groups -OCH3 is 1. The van der Waals surface area contributed by atoms with Crippen molar-refractivity contribution < 1.29 is 33.5 Å². The smallest absolute Gasteiger partial charge is 0.328 e. The molecule has 1 aromatic carbocycles. The largest absolute Gasteiger partial charge is 0.469 e. The fourth-order valence-corrected chi connectivity index (χ4v) is 3.32. The van der Waals surface area contributed by atoms with Crippen LogP contribution in [0.3, 0.4) is 0 Å². The maximum atomic E-state index is 12.6. The van der Waals surface area contributed by atoms with Crippen LogP contribution >= 0.6 is 0 Å². The van der Waals surface area contributed by atoms with E-state index >= 15 is 0 Å². The molecule has 1 spiro atoms. The topological polar surface area (TPSA) is 122 Å². The third-order valence-electron chi connectivity index (χ3n) is 4.48. The van der Waals surface area contributed by atoms with E-state index in [0.717, 1.165) is 7.11 Å². The summed E-state index contributed by atoms with van der Waals surface area (Å²) in [7, 11) is 1.14. The molecule has 2 fully saturated rings. The average molecular weight is 349 g/mol. The molecule has 9 heteroatoms. The van der Waals surface area contributed by atoms with Crippen molar-refractivity contribution in [1.82, 2.24) is 0 Å². The molecule has 3 rings (SSSR count). The van der Waals surface area contributed by atoms with Crippen molar-refractivity contribution in [3.63, 3.8) is 0 Å². The first-order valence-electron chi connectivity index (χ1n) is 7.44. The number of carbonyl (C=O) groups excluding carboxylic acids is 3. The molecule has 132 valence electrons. The lowest BCUT2D eigenvalue weighted by atomic mass is 9.97. The fraction of sp³-hybridized carbons (Fsp3) is 0.438. The van der Waals surface area contributed by atoms with Gasteiger partial charge in [0.2, 0.25) is 0 Å². The van der Waals surface area contributed by atoms with E-state index in [-0.39, 0.29) is 5.69 Å². The first-order chi connectivity index (χ1) is 11.6. The molecular weight excluding hydrogens is 334 g/mol. The molecule has 0 radical (unpaired) electrons. The molecule has 0 aromatic heterocycles. The Kier molecular flexibility index (Phi) is 3.55. The number of non-ortho nitro benzene ring substituents is 1. The van der Waals surface area contributed by atoms with Gasteiger partial charge < -0.3 is 14.2 Å². The number of ether oxygens (including phenoxy) is 3. The van der Waals surface area contributed by atoms with Crippen molar-refractivity contribution in [2.24, 2.45) is 11.3 Å². The Morgan fingerprint density at radius 2 is 1.68 bits per heavy atom. The van der Waals surface area contributed by atoms with Gasteiger partial charge in [-0.05, 0) is 5.56 Å². The summed E-state index contributed by atoms with van der Waals surface area (Å²) in [5.74, 6) is -5.88. The second-order valence-corrected chi connectivity index (χ2v) is 6.38. The normalized spacial score (nSPS) is 25.7. The molecule has 25 heavy (non-hydrogen) atoms. The molecular formula is C16H15NO8. The van der Waals surface area contributed by atoms with Gasteiger partial charge in [0, 0.05) is 31.9 Å². The monoisotopic (exact) mass is 349 g/mol. The van der Waals surface area contributed by atoms with Gasteiger partial charge in [-0.2, -0.15) is 0 Å². The Balaban J connectivity index is 2.03. The summed E-state index contributed by atoms with van der Waals surface area (Å²) in [6.07, 6.45) is 0. The lowest BCUT2D eigenvalue weighted by Gasteiger charge is -2.33. The Bertz CT molecular complexity index is 762. The average Bonchev–Trinajstić information content (AvgIpc) is 3.23. The summed E-state index contributed by atoms with van der Waals surface area (Å²) in [4.78, 5) is 47.4. The SMILES string of the molecule is COC(=O)[C@H]1[C@@H](c2ccc([N+](=O)[O-])cc2)C12C(=O)OC(C)(C)OC2=O. The van der Waals surface area contributed by atoms with E-state index in [4.69, 9.17) is 14.2 Å². The zero-order valence-corrected chi connectivity index (χ0v) is 13.7. The van der Waals surface area contributed by atoms with Crippen LogP contribution in [0.4, 0.5) is 5.69 Å². The number of nitro groups is 1. The number of benzene rings is 1. The van der Waals surface area contributed by atoms with Gasteiger partial charge >= 0.3 is 17.9 Å². The van der Waals surface area contributed by atoms with E-state index in [9.17, 15) is 24.5 Å². The highest BCUT2D eigenvalue weighted by atomic mass is 16.7. The van der Waals surface area contributed by atoms with Crippen molar-refractivity contribution in [3.05, 3.63) is 39.9 Å². The number of nitro benzene ring substituents is 1. The van der Waals surface area contributed by atoms with Crippen molar-refractivity contribution >= 4 is 23.6 Å². The van der Waals surface area contributed by atoms with Crippen molar-refractivity contribution in [3.8, 4) is 0 Å². The van der Waals surface area contributed by atoms with Gasteiger partial charge in [0.25, 0.3) is 11.5 Å². The minimum Gasteiger partial charge on any atom is -0.469 e. The van der Waals surface area contributed by atoms with E-state index in [1.165, 1.54) is 38.1 Å². The molecule has 9 nitrogen and oxygen atoms in total. The maximum Gasteiger partial charge on any atom is 0.328 e. The third-order valence-corrected chi connectivity index (χ3v) is 4.48. The molecule has 1 saturated heterocycles. The van der Waals surface area contributed by atoms with Gasteiger partial charge in [0.15, 0.2) is 5.41 Å². The first-order valence-corrected chi connectivity index (χ1v) is 7.44. The standard InChI is InChI=1S/C16H15NO8/c1-15(2)24-13(19)16(14(20)25-15)10(11(16)12(18)23-3)8-4-6-9(7-5-8)17(21)22/h4-7,10-11H,1-3H3/t10-,11-/m1/s1. The Labute approximate surface area is 142 Å². The van der Waals surface area contributed by atoms with Crippen LogP contribution in [0, 0.1) is 21.4 Å². The Morgan fingerprint density at radius 3 is 2.12 bits per heavy atom. The van der Waals surface area contributed by atoms with Gasteiger partial charge in [-0.15, -0.1) is 0 Å². The number of carbonyl (C=O) groups is 3. The van der Waals surface area contributed by atoms with E-state index in [0.29, 0.717) is 5.56 Å². The predicted octanol–water partition coefficient (Wildman–Crippen LogP) is 1.30. The molecule has 1 heterocycles. The lowest BCUT2D eigenvalue weighted by Crippen LogP contribution is -2.49. The van der Waals surface area contributed by atoms with E-state index < -0.39 is 45.9 Å². The highest BCUT2D eigenvalue weighted by Crippen LogP contribution is 2.68. The molecule has 1 aromatic rings. The fourth-order valence-electron chi connectivity index (χ4n) is 3.32. The second kappa shape index (κ2) is 5.27. The van der Waals surface area contributed by atoms with Crippen molar-refractivity contribution in [2.75, 3.05) is 7.11 Å². The molecule has 2 aliphatic rings. The van der Waals surface area contributed by atoms with Gasteiger partial charge in [-0.25, -0.2) is 0 Å². The van der Waals surface area contributed by atoms with Gasteiger partial charge in [-0.3, -0.25) is 24.5 Å². The van der Waals surface area contributed by atoms with Gasteiger partial charge in [0.05, 0.1) is 18.0 Å². The van der Waals surface area contributed by atoms with Crippen LogP contribution in [-0.2, 0) is 28.6 Å². The van der Waals surface area contributed by atoms with Crippen LogP contribution in [0.1, 0.15) is 25.3 Å². The highest BCUT2D eigenvalue weighted by molar-refractivity contribution is 6.12. The van der Waals surface area contributed by atoms with Gasteiger partial charge in [0.1, 0.15) is 0 Å². The highest BCUT2D eigenvalue weighted by Gasteiger charge is 2.82. The molecule has 0 N–H and O–H groups in total. The summed E-state index contributed by atoms with van der Waals surface area (Å²) in [5.41, 5.74) is -1.56. The van der Waals surface area contributed by atoms with Crippen LogP contribution in [0.5, 0.6) is 0 Å². The summed E-state index contributed by atoms with van der Waals surface area (Å²) in [5, 5.41) is 10.8. The van der Waals surface area contributed by atoms with Crippen LogP contribution in [0.2, 0.25) is 0 Å². The van der Waals surface area contributed by atoms with E-state index in [2.05, 4.69) is 0 Å². The zero-order chi connectivity index (χ0) is 18.6. The molecule has 1 aliphatic carbocycles. The molecule has 1 aliphatic heterocycles. The van der Waals surface area contributed by atoms with Crippen LogP contribution in [-0.4, -0.2) is 35.7 Å². The summed E-state index contributed by atoms with van der Waals surface area (Å²) >= 11 is 0. The van der Waals surface area contributed by atoms with E-state index in [1.54, 1.807) is 0 Å². The van der Waals surface area contributed by atoms with E-state index in [1.807, 2.05) is 0 Å². The second-order valence-electron chi connectivity index (χ2n) is 6.38. The first kappa shape index (κ1) is 16.9. The number of nitrogens with zero attached hydrogens (tertiary/aromatic N) is 1. The number of esters is 3. The zero-order valence-electron chi connectivity index (χ0n) is 13.7. The van der Waals surface area contributed by atoms with Crippen LogP contribution in [0.15, 0.2) is 24.3 Å². The van der Waals surface area contributed by atoms with Crippen molar-refractivity contribution in [1.29, 1.82) is 0 Å². The van der Waals surface area contributed by atoms with Crippen LogP contribution < -0.4 is 0 Å². The summed E-state index contributed by atoms with van der Waals surface area (Å²) < 4.78 is 15.0. The predicted molar refractivity (Wildman–Crippen MR) is 80.0 cm³/mol. The minimum absolute atomic E-state index is 0.150. The lowest BCUT2D eigenvalue weighted by molar-refractivity contribution is -0.384. The number of hydrogen-bond acceptors (Lipinski definition) is 8.